The third-order valence-electron chi connectivity index (χ3n) is 1.25. The molecule has 0 spiro atoms. The lowest BCUT2D eigenvalue weighted by Crippen LogP contribution is -2.44. The van der Waals surface area contributed by atoms with E-state index in [1.54, 1.807) is 5.32 Å². The maximum Gasteiger partial charge on any atom is 0.315 e. The largest absolute Gasteiger partial charge is 0.337 e. The van der Waals surface area contributed by atoms with Gasteiger partial charge < -0.3 is 5.32 Å². The van der Waals surface area contributed by atoms with Crippen molar-refractivity contribution in [3.05, 3.63) is 0 Å². The lowest BCUT2D eigenvalue weighted by molar-refractivity contribution is -0.135. The first-order valence-corrected chi connectivity index (χ1v) is 3.11. The van der Waals surface area contributed by atoms with Crippen molar-refractivity contribution in [1.29, 1.82) is 0 Å². The molecule has 1 aliphatic rings. The topological polar surface area (TPSA) is 67.4 Å². The zero-order valence-corrected chi connectivity index (χ0v) is 5.84. The van der Waals surface area contributed by atoms with Gasteiger partial charge in [-0.15, -0.1) is 0 Å². The maximum atomic E-state index is 11.6. The normalized spacial score (nSPS) is 22.6. The van der Waals surface area contributed by atoms with Crippen molar-refractivity contribution in [3.63, 3.8) is 0 Å². The number of nitrogens with one attached hydrogen (secondary N) is 2. The Hall–Kier alpha value is -1.24. The summed E-state index contributed by atoms with van der Waals surface area (Å²) in [7, 11) is 0. The smallest absolute Gasteiger partial charge is 0.315 e. The summed E-state index contributed by atoms with van der Waals surface area (Å²) in [6, 6.07) is -1.01. The van der Waals surface area contributed by atoms with E-state index in [9.17, 15) is 18.4 Å². The first kappa shape index (κ1) is 8.85. The second-order valence-corrected chi connectivity index (χ2v) is 2.14. The number of alkyl halides is 2. The second-order valence-electron chi connectivity index (χ2n) is 2.14. The van der Waals surface area contributed by atoms with Crippen LogP contribution in [-0.2, 0) is 14.4 Å². The number of hydrogen-bond donors (Lipinski definition) is 2. The highest BCUT2D eigenvalue weighted by Gasteiger charge is 2.29. The van der Waals surface area contributed by atoms with E-state index >= 15 is 0 Å². The predicted molar refractivity (Wildman–Crippen MR) is 32.0 cm³/mol. The van der Waals surface area contributed by atoms with Gasteiger partial charge in [0.15, 0.2) is 0 Å². The fourth-order valence-electron chi connectivity index (χ4n) is 0.685. The van der Waals surface area contributed by atoms with Gasteiger partial charge in [-0.1, -0.05) is 0 Å². The molecular weight excluding hydrogens is 174 g/mol. The fraction of sp³-hybridized carbons (Fsp3) is 0.600. The molecule has 12 heavy (non-hydrogen) atoms. The Balaban J connectivity index is 2.40. The first-order chi connectivity index (χ1) is 5.61. The van der Waals surface area contributed by atoms with Gasteiger partial charge in [0.05, 0.1) is 0 Å². The Morgan fingerprint density at radius 3 is 2.83 bits per heavy atom. The summed E-state index contributed by atoms with van der Waals surface area (Å²) in [5.41, 5.74) is 1.92. The Kier molecular flexibility index (Phi) is 2.54. The highest BCUT2D eigenvalue weighted by Crippen LogP contribution is 1.97. The Morgan fingerprint density at radius 1 is 1.75 bits per heavy atom. The predicted octanol–water partition coefficient (Wildman–Crippen LogP) is -1.20. The van der Waals surface area contributed by atoms with Crippen LogP contribution in [-0.4, -0.2) is 30.9 Å². The number of carbonyl (C=O) groups excluding carboxylic acids is 2. The molecule has 0 bridgehead atoms. The van der Waals surface area contributed by atoms with Crippen LogP contribution in [0.3, 0.4) is 0 Å². The molecule has 0 aromatic heterocycles. The van der Waals surface area contributed by atoms with Crippen LogP contribution >= 0.6 is 0 Å². The van der Waals surface area contributed by atoms with Crippen molar-refractivity contribution >= 4 is 11.8 Å². The summed E-state index contributed by atoms with van der Waals surface area (Å²) in [5, 5.41) is 1.80. The Labute approximate surface area is 66.0 Å². The van der Waals surface area contributed by atoms with Crippen molar-refractivity contribution in [2.45, 2.75) is 12.5 Å². The number of rotatable bonds is 2. The van der Waals surface area contributed by atoms with Crippen LogP contribution < -0.4 is 10.8 Å². The molecule has 1 fully saturated rings. The Morgan fingerprint density at radius 2 is 2.42 bits per heavy atom. The van der Waals surface area contributed by atoms with Gasteiger partial charge in [-0.3, -0.25) is 14.4 Å². The van der Waals surface area contributed by atoms with Crippen LogP contribution in [0, 0.1) is 0 Å². The molecule has 5 nitrogen and oxygen atoms in total. The highest BCUT2D eigenvalue weighted by molar-refractivity contribution is 5.89. The zero-order chi connectivity index (χ0) is 9.14. The highest BCUT2D eigenvalue weighted by atomic mass is 19.3. The summed E-state index contributed by atoms with van der Waals surface area (Å²) >= 11 is 0. The molecule has 0 saturated carbocycles. The Bertz CT molecular complexity index is 209. The fourth-order valence-corrected chi connectivity index (χ4v) is 0.685. The van der Waals surface area contributed by atoms with Gasteiger partial charge in [0, 0.05) is 0 Å². The summed E-state index contributed by atoms with van der Waals surface area (Å²) in [6.45, 7) is -0.128. The SMILES string of the molecule is O=C(N[C@@H]1CONC1=O)C(F)F. The van der Waals surface area contributed by atoms with Crippen molar-refractivity contribution in [1.82, 2.24) is 10.8 Å². The average molecular weight is 180 g/mol. The molecule has 1 atom stereocenters. The van der Waals surface area contributed by atoms with E-state index in [1.807, 2.05) is 5.48 Å². The standard InChI is InChI=1S/C5H6F2N2O3/c6-3(7)5(11)8-2-1-12-9-4(2)10/h2-3H,1H2,(H,8,11)(H,9,10)/t2-/m1/s1. The third kappa shape index (κ3) is 1.88. The van der Waals surface area contributed by atoms with E-state index in [2.05, 4.69) is 4.84 Å². The minimum Gasteiger partial charge on any atom is -0.337 e. The number of amides is 2. The van der Waals surface area contributed by atoms with Crippen molar-refractivity contribution < 1.29 is 23.2 Å². The van der Waals surface area contributed by atoms with E-state index in [0.29, 0.717) is 0 Å². The summed E-state index contributed by atoms with van der Waals surface area (Å²) in [6.07, 6.45) is -3.11. The van der Waals surface area contributed by atoms with Crippen LogP contribution in [0.4, 0.5) is 8.78 Å². The van der Waals surface area contributed by atoms with Crippen LogP contribution in [0.5, 0.6) is 0 Å². The first-order valence-electron chi connectivity index (χ1n) is 3.11. The van der Waals surface area contributed by atoms with Crippen molar-refractivity contribution in [2.75, 3.05) is 6.61 Å². The van der Waals surface area contributed by atoms with Gasteiger partial charge in [-0.05, 0) is 0 Å². The molecule has 0 unspecified atom stereocenters. The number of halogens is 2. The van der Waals surface area contributed by atoms with Crippen LogP contribution in [0.2, 0.25) is 0 Å². The number of hydroxylamine groups is 1. The van der Waals surface area contributed by atoms with E-state index in [0.717, 1.165) is 0 Å². The molecule has 2 N–H and O–H groups in total. The lowest BCUT2D eigenvalue weighted by atomic mass is 10.3. The molecule has 68 valence electrons. The van der Waals surface area contributed by atoms with E-state index in [-0.39, 0.29) is 6.61 Å². The molecule has 0 aliphatic carbocycles. The van der Waals surface area contributed by atoms with Gasteiger partial charge >= 0.3 is 6.43 Å². The monoisotopic (exact) mass is 180 g/mol. The molecular formula is C5H6F2N2O3. The van der Waals surface area contributed by atoms with Gasteiger partial charge in [-0.25, -0.2) is 5.48 Å². The third-order valence-corrected chi connectivity index (χ3v) is 1.25. The van der Waals surface area contributed by atoms with Crippen LogP contribution in [0.15, 0.2) is 0 Å². The summed E-state index contributed by atoms with van der Waals surface area (Å²) < 4.78 is 23.2. The molecule has 1 saturated heterocycles. The number of carbonyl (C=O) groups is 2. The van der Waals surface area contributed by atoms with Gasteiger partial charge in [0.2, 0.25) is 0 Å². The van der Waals surface area contributed by atoms with E-state index in [1.165, 1.54) is 0 Å². The van der Waals surface area contributed by atoms with Crippen LogP contribution in [0.1, 0.15) is 0 Å². The van der Waals surface area contributed by atoms with Gasteiger partial charge in [0.25, 0.3) is 11.8 Å². The molecule has 7 heteroatoms. The molecule has 0 radical (unpaired) electrons. The summed E-state index contributed by atoms with van der Waals surface area (Å²) in [5.74, 6) is -2.09. The minimum atomic E-state index is -3.11. The second kappa shape index (κ2) is 3.44. The zero-order valence-electron chi connectivity index (χ0n) is 5.84. The van der Waals surface area contributed by atoms with E-state index in [4.69, 9.17) is 0 Å². The van der Waals surface area contributed by atoms with Crippen molar-refractivity contribution in [3.8, 4) is 0 Å². The maximum absolute atomic E-state index is 11.6. The van der Waals surface area contributed by atoms with Gasteiger partial charge in [-0.2, -0.15) is 8.78 Å². The van der Waals surface area contributed by atoms with Gasteiger partial charge in [0.1, 0.15) is 12.6 Å². The average Bonchev–Trinajstić information content (AvgIpc) is 2.36. The molecule has 0 aromatic carbocycles. The van der Waals surface area contributed by atoms with Crippen molar-refractivity contribution in [2.24, 2.45) is 0 Å². The van der Waals surface area contributed by atoms with Crippen LogP contribution in [0.25, 0.3) is 0 Å². The molecule has 2 amide bonds. The summed E-state index contributed by atoms with van der Waals surface area (Å²) in [4.78, 5) is 25.4. The minimum absolute atomic E-state index is 0.128. The molecule has 1 heterocycles. The quantitative estimate of drug-likeness (QED) is 0.560. The molecule has 1 aliphatic heterocycles. The van der Waals surface area contributed by atoms with E-state index < -0.39 is 24.3 Å². The molecule has 1 rings (SSSR count). The molecule has 0 aromatic rings. The number of hydrogen-bond acceptors (Lipinski definition) is 3. The lowest BCUT2D eigenvalue weighted by Gasteiger charge is -2.06.